The van der Waals surface area contributed by atoms with Crippen molar-refractivity contribution < 1.29 is 5.11 Å². The summed E-state index contributed by atoms with van der Waals surface area (Å²) in [5.74, 6) is 0. The van der Waals surface area contributed by atoms with Gasteiger partial charge in [-0.15, -0.1) is 0 Å². The molecule has 3 nitrogen and oxygen atoms in total. The summed E-state index contributed by atoms with van der Waals surface area (Å²) in [7, 11) is 0. The number of nitrogens with one attached hydrogen (secondary N) is 1. The van der Waals surface area contributed by atoms with Gasteiger partial charge in [0.25, 0.3) is 0 Å². The Kier molecular flexibility index (Phi) is 3.37. The van der Waals surface area contributed by atoms with Gasteiger partial charge >= 0.3 is 0 Å². The molecule has 1 aliphatic heterocycles. The van der Waals surface area contributed by atoms with E-state index in [-0.39, 0.29) is 12.1 Å². The minimum absolute atomic E-state index is 0.102. The molecule has 3 aromatic rings. The number of aliphatic hydroxyl groups is 1. The predicted molar refractivity (Wildman–Crippen MR) is 91.7 cm³/mol. The first kappa shape index (κ1) is 14.1. The summed E-state index contributed by atoms with van der Waals surface area (Å²) in [6, 6.07) is 12.6. The summed E-state index contributed by atoms with van der Waals surface area (Å²) in [5.41, 5.74) is 3.56. The average Bonchev–Trinajstić information content (AvgIpc) is 2.81. The van der Waals surface area contributed by atoms with Crippen molar-refractivity contribution in [3.05, 3.63) is 47.0 Å². The number of piperidine rings is 1. The SMILES string of the molecule is Cc1ccc2c(c1)c1cc(Cl)ccc1n2[C@@H]1CCNC[C@H]1O. The first-order valence-electron chi connectivity index (χ1n) is 7.74. The maximum Gasteiger partial charge on any atom is 0.0872 e. The van der Waals surface area contributed by atoms with Crippen LogP contribution in [0.25, 0.3) is 21.8 Å². The van der Waals surface area contributed by atoms with E-state index in [9.17, 15) is 5.11 Å². The van der Waals surface area contributed by atoms with Crippen molar-refractivity contribution in [3.8, 4) is 0 Å². The topological polar surface area (TPSA) is 37.2 Å². The second kappa shape index (κ2) is 5.27. The molecule has 1 aromatic heterocycles. The highest BCUT2D eigenvalue weighted by Crippen LogP contribution is 2.36. The molecule has 2 N–H and O–H groups in total. The second-order valence-corrected chi connectivity index (χ2v) is 6.62. The Morgan fingerprint density at radius 1 is 1.14 bits per heavy atom. The molecule has 1 aliphatic rings. The normalized spacial score (nSPS) is 22.5. The highest BCUT2D eigenvalue weighted by molar-refractivity contribution is 6.31. The summed E-state index contributed by atoms with van der Waals surface area (Å²) in [5, 5.41) is 16.8. The van der Waals surface area contributed by atoms with Gasteiger partial charge in [0.1, 0.15) is 0 Å². The van der Waals surface area contributed by atoms with Gasteiger partial charge in [-0.1, -0.05) is 23.2 Å². The molecule has 2 aromatic carbocycles. The van der Waals surface area contributed by atoms with Gasteiger partial charge in [0.15, 0.2) is 0 Å². The van der Waals surface area contributed by atoms with Gasteiger partial charge in [-0.05, 0) is 50.2 Å². The molecule has 0 spiro atoms. The van der Waals surface area contributed by atoms with Crippen molar-refractivity contribution in [3.63, 3.8) is 0 Å². The van der Waals surface area contributed by atoms with E-state index >= 15 is 0 Å². The number of aromatic nitrogens is 1. The van der Waals surface area contributed by atoms with E-state index in [1.165, 1.54) is 16.5 Å². The van der Waals surface area contributed by atoms with Crippen LogP contribution in [0.15, 0.2) is 36.4 Å². The van der Waals surface area contributed by atoms with Crippen LogP contribution in [0.3, 0.4) is 0 Å². The van der Waals surface area contributed by atoms with Gasteiger partial charge < -0.3 is 15.0 Å². The van der Waals surface area contributed by atoms with Crippen LogP contribution < -0.4 is 5.32 Å². The minimum Gasteiger partial charge on any atom is -0.390 e. The third-order valence-corrected chi connectivity index (χ3v) is 4.90. The van der Waals surface area contributed by atoms with E-state index < -0.39 is 0 Å². The van der Waals surface area contributed by atoms with Gasteiger partial charge in [0.05, 0.1) is 12.1 Å². The monoisotopic (exact) mass is 314 g/mol. The molecular weight excluding hydrogens is 296 g/mol. The van der Waals surface area contributed by atoms with Crippen LogP contribution >= 0.6 is 11.6 Å². The van der Waals surface area contributed by atoms with Crippen molar-refractivity contribution in [1.29, 1.82) is 0 Å². The Morgan fingerprint density at radius 3 is 2.64 bits per heavy atom. The van der Waals surface area contributed by atoms with E-state index in [1.807, 2.05) is 12.1 Å². The molecule has 0 amide bonds. The fourth-order valence-corrected chi connectivity index (χ4v) is 3.80. The van der Waals surface area contributed by atoms with Crippen molar-refractivity contribution >= 4 is 33.4 Å². The lowest BCUT2D eigenvalue weighted by Gasteiger charge is -2.31. The number of aliphatic hydroxyl groups excluding tert-OH is 1. The molecular formula is C18H19ClN2O. The number of hydrogen-bond acceptors (Lipinski definition) is 2. The Balaban J connectivity index is 2.06. The van der Waals surface area contributed by atoms with Crippen LogP contribution in [-0.4, -0.2) is 28.9 Å². The standard InChI is InChI=1S/C18H19ClN2O/c1-11-2-4-15-13(8-11)14-9-12(19)3-5-16(14)21(15)17-6-7-20-10-18(17)22/h2-5,8-9,17-18,20,22H,6-7,10H2,1H3/t17-,18-/m1/s1. The molecule has 2 atom stereocenters. The molecule has 4 heteroatoms. The largest absolute Gasteiger partial charge is 0.390 e. The summed E-state index contributed by atoms with van der Waals surface area (Å²) in [6.45, 7) is 3.68. The molecule has 1 fully saturated rings. The Hall–Kier alpha value is -1.55. The van der Waals surface area contributed by atoms with E-state index in [1.54, 1.807) is 0 Å². The summed E-state index contributed by atoms with van der Waals surface area (Å²) >= 11 is 6.21. The number of benzene rings is 2. The van der Waals surface area contributed by atoms with Crippen molar-refractivity contribution in [2.45, 2.75) is 25.5 Å². The smallest absolute Gasteiger partial charge is 0.0872 e. The Labute approximate surface area is 134 Å². The number of nitrogens with zero attached hydrogens (tertiary/aromatic N) is 1. The Morgan fingerprint density at radius 2 is 1.86 bits per heavy atom. The zero-order chi connectivity index (χ0) is 15.3. The molecule has 22 heavy (non-hydrogen) atoms. The van der Waals surface area contributed by atoms with Gasteiger partial charge in [0, 0.05) is 33.4 Å². The zero-order valence-corrected chi connectivity index (χ0v) is 13.3. The highest BCUT2D eigenvalue weighted by atomic mass is 35.5. The van der Waals surface area contributed by atoms with Crippen LogP contribution in [0.4, 0.5) is 0 Å². The van der Waals surface area contributed by atoms with Gasteiger partial charge in [-0.25, -0.2) is 0 Å². The fourth-order valence-electron chi connectivity index (χ4n) is 3.63. The van der Waals surface area contributed by atoms with E-state index in [0.717, 1.165) is 28.9 Å². The van der Waals surface area contributed by atoms with Crippen LogP contribution in [0.2, 0.25) is 5.02 Å². The summed E-state index contributed by atoms with van der Waals surface area (Å²) in [4.78, 5) is 0. The van der Waals surface area contributed by atoms with Gasteiger partial charge in [0.2, 0.25) is 0 Å². The van der Waals surface area contributed by atoms with Crippen LogP contribution in [0, 0.1) is 6.92 Å². The molecule has 0 bridgehead atoms. The average molecular weight is 315 g/mol. The number of rotatable bonds is 1. The molecule has 0 unspecified atom stereocenters. The third kappa shape index (κ3) is 2.12. The number of β-amino-alcohol motifs (C(OH)–C–C–N with tert-alkyl or cyclic N) is 1. The third-order valence-electron chi connectivity index (χ3n) is 4.67. The quantitative estimate of drug-likeness (QED) is 0.719. The first-order valence-corrected chi connectivity index (χ1v) is 8.11. The lowest BCUT2D eigenvalue weighted by Crippen LogP contribution is -2.41. The number of fused-ring (bicyclic) bond motifs is 3. The minimum atomic E-state index is -0.371. The number of aryl methyl sites for hydroxylation is 1. The van der Waals surface area contributed by atoms with Gasteiger partial charge in [-0.2, -0.15) is 0 Å². The molecule has 1 saturated heterocycles. The molecule has 114 valence electrons. The number of hydrogen-bond donors (Lipinski definition) is 2. The molecule has 4 rings (SSSR count). The maximum absolute atomic E-state index is 10.5. The van der Waals surface area contributed by atoms with Gasteiger partial charge in [-0.3, -0.25) is 0 Å². The summed E-state index contributed by atoms with van der Waals surface area (Å²) in [6.07, 6.45) is 0.556. The van der Waals surface area contributed by atoms with Crippen LogP contribution in [0.1, 0.15) is 18.0 Å². The molecule has 0 aliphatic carbocycles. The van der Waals surface area contributed by atoms with Crippen molar-refractivity contribution in [1.82, 2.24) is 9.88 Å². The van der Waals surface area contributed by atoms with Crippen LogP contribution in [-0.2, 0) is 0 Å². The highest BCUT2D eigenvalue weighted by Gasteiger charge is 2.27. The lowest BCUT2D eigenvalue weighted by molar-refractivity contribution is 0.0913. The van der Waals surface area contributed by atoms with Crippen molar-refractivity contribution in [2.75, 3.05) is 13.1 Å². The maximum atomic E-state index is 10.5. The van der Waals surface area contributed by atoms with Crippen molar-refractivity contribution in [2.24, 2.45) is 0 Å². The Bertz CT molecular complexity index is 796. The van der Waals surface area contributed by atoms with E-state index in [0.29, 0.717) is 6.54 Å². The van der Waals surface area contributed by atoms with Crippen LogP contribution in [0.5, 0.6) is 0 Å². The lowest BCUT2D eigenvalue weighted by atomic mass is 10.0. The molecule has 0 saturated carbocycles. The molecule has 2 heterocycles. The summed E-state index contributed by atoms with van der Waals surface area (Å²) < 4.78 is 2.30. The fraction of sp³-hybridized carbons (Fsp3) is 0.333. The van der Waals surface area contributed by atoms with E-state index in [2.05, 4.69) is 41.1 Å². The molecule has 0 radical (unpaired) electrons. The van der Waals surface area contributed by atoms with E-state index in [4.69, 9.17) is 11.6 Å². The first-order chi connectivity index (χ1) is 10.6. The zero-order valence-electron chi connectivity index (χ0n) is 12.5. The number of halogens is 1. The second-order valence-electron chi connectivity index (χ2n) is 6.18. The predicted octanol–water partition coefficient (Wildman–Crippen LogP) is 3.65.